The standard InChI is InChI=1S/C52H32N2OS/c1-2-14-37-33(12-1)13-9-18-38(37)34-26-28-35(29-27-34)53(47-23-10-19-42-41-17-5-8-25-50(41)56-52(42)47)36-30-31-43-49(32-36)55-48-24-11-22-46(51(43)48)54-44-20-6-3-15-39(44)40-16-4-7-21-45(40)54/h1-32H. The van der Waals surface area contributed by atoms with Gasteiger partial charge in [-0.25, -0.2) is 0 Å². The van der Waals surface area contributed by atoms with Crippen LogP contribution in [0.15, 0.2) is 199 Å². The molecule has 0 aliphatic heterocycles. The van der Waals surface area contributed by atoms with Gasteiger partial charge in [0.05, 0.1) is 32.5 Å². The Kier molecular flexibility index (Phi) is 6.80. The maximum atomic E-state index is 6.79. The minimum Gasteiger partial charge on any atom is -0.456 e. The molecular weight excluding hydrogens is 701 g/mol. The molecule has 0 fully saturated rings. The van der Waals surface area contributed by atoms with Crippen molar-refractivity contribution < 1.29 is 4.42 Å². The first-order valence-corrected chi connectivity index (χ1v) is 19.8. The van der Waals surface area contributed by atoms with Gasteiger partial charge >= 0.3 is 0 Å². The lowest BCUT2D eigenvalue weighted by Gasteiger charge is -2.26. The second-order valence-corrected chi connectivity index (χ2v) is 15.5. The maximum Gasteiger partial charge on any atom is 0.137 e. The van der Waals surface area contributed by atoms with Gasteiger partial charge in [0.2, 0.25) is 0 Å². The summed E-state index contributed by atoms with van der Waals surface area (Å²) in [4.78, 5) is 2.39. The number of furan rings is 1. The molecule has 9 aromatic carbocycles. The van der Waals surface area contributed by atoms with Crippen LogP contribution in [0.1, 0.15) is 0 Å². The minimum atomic E-state index is 0.853. The van der Waals surface area contributed by atoms with Crippen molar-refractivity contribution >= 4 is 103 Å². The van der Waals surface area contributed by atoms with Crippen molar-refractivity contribution in [2.75, 3.05) is 4.90 Å². The number of rotatable bonds is 5. The fourth-order valence-electron chi connectivity index (χ4n) is 8.91. The molecule has 0 unspecified atom stereocenters. The Morgan fingerprint density at radius 3 is 1.91 bits per heavy atom. The molecule has 0 spiro atoms. The summed E-state index contributed by atoms with van der Waals surface area (Å²) in [5.41, 5.74) is 10.9. The summed E-state index contributed by atoms with van der Waals surface area (Å²) in [5.74, 6) is 0. The summed E-state index contributed by atoms with van der Waals surface area (Å²) in [6.45, 7) is 0. The molecule has 0 aliphatic rings. The zero-order valence-corrected chi connectivity index (χ0v) is 31.0. The maximum absolute atomic E-state index is 6.79. The van der Waals surface area contributed by atoms with E-state index >= 15 is 0 Å². The van der Waals surface area contributed by atoms with Crippen LogP contribution in [0.3, 0.4) is 0 Å². The molecule has 56 heavy (non-hydrogen) atoms. The molecule has 12 rings (SSSR count). The van der Waals surface area contributed by atoms with Crippen molar-refractivity contribution in [1.29, 1.82) is 0 Å². The van der Waals surface area contributed by atoms with Crippen molar-refractivity contribution in [3.8, 4) is 16.8 Å². The van der Waals surface area contributed by atoms with Crippen molar-refractivity contribution in [3.63, 3.8) is 0 Å². The van der Waals surface area contributed by atoms with Gasteiger partial charge in [-0.1, -0.05) is 127 Å². The number of nitrogens with zero attached hydrogens (tertiary/aromatic N) is 2. The van der Waals surface area contributed by atoms with Crippen LogP contribution in [-0.4, -0.2) is 4.57 Å². The fraction of sp³-hybridized carbons (Fsp3) is 0. The first kappa shape index (κ1) is 31.2. The molecule has 0 aliphatic carbocycles. The highest BCUT2D eigenvalue weighted by atomic mass is 32.1. The monoisotopic (exact) mass is 732 g/mol. The highest BCUT2D eigenvalue weighted by Crippen LogP contribution is 2.47. The van der Waals surface area contributed by atoms with E-state index < -0.39 is 0 Å². The molecule has 3 heterocycles. The number of fused-ring (bicyclic) bond motifs is 10. The average Bonchev–Trinajstić information content (AvgIpc) is 3.94. The predicted molar refractivity (Wildman–Crippen MR) is 239 cm³/mol. The molecule has 0 N–H and O–H groups in total. The first-order valence-electron chi connectivity index (χ1n) is 19.0. The van der Waals surface area contributed by atoms with Gasteiger partial charge in [-0.2, -0.15) is 0 Å². The lowest BCUT2D eigenvalue weighted by molar-refractivity contribution is 0.669. The van der Waals surface area contributed by atoms with Gasteiger partial charge in [0.1, 0.15) is 11.2 Å². The van der Waals surface area contributed by atoms with E-state index in [1.165, 1.54) is 63.9 Å². The Morgan fingerprint density at radius 1 is 0.446 bits per heavy atom. The zero-order chi connectivity index (χ0) is 36.7. The Morgan fingerprint density at radius 2 is 1.09 bits per heavy atom. The zero-order valence-electron chi connectivity index (χ0n) is 30.2. The van der Waals surface area contributed by atoms with Gasteiger partial charge in [0, 0.05) is 49.1 Å². The molecule has 0 amide bonds. The van der Waals surface area contributed by atoms with E-state index in [1.54, 1.807) is 0 Å². The van der Waals surface area contributed by atoms with E-state index in [0.717, 1.165) is 44.7 Å². The lowest BCUT2D eigenvalue weighted by atomic mass is 9.98. The SMILES string of the molecule is c1ccc2c(-c3ccc(N(c4ccc5c(c4)oc4cccc(-n6c7ccccc7c7ccccc76)c45)c4cccc5c4sc4ccccc45)cc3)cccc2c1. The van der Waals surface area contributed by atoms with Gasteiger partial charge < -0.3 is 13.9 Å². The Hall–Kier alpha value is -7.14. The first-order chi connectivity index (χ1) is 27.8. The molecule has 12 aromatic rings. The van der Waals surface area contributed by atoms with Crippen LogP contribution in [0, 0.1) is 0 Å². The van der Waals surface area contributed by atoms with Gasteiger partial charge in [0.25, 0.3) is 0 Å². The number of anilines is 3. The van der Waals surface area contributed by atoms with E-state index in [9.17, 15) is 0 Å². The molecule has 3 nitrogen and oxygen atoms in total. The van der Waals surface area contributed by atoms with Crippen LogP contribution in [-0.2, 0) is 0 Å². The Bertz CT molecular complexity index is 3440. The summed E-state index contributed by atoms with van der Waals surface area (Å²) in [6, 6.07) is 70.1. The predicted octanol–water partition coefficient (Wildman–Crippen LogP) is 15.3. The highest BCUT2D eigenvalue weighted by molar-refractivity contribution is 7.26. The number of hydrogen-bond acceptors (Lipinski definition) is 3. The van der Waals surface area contributed by atoms with Crippen LogP contribution in [0.4, 0.5) is 17.1 Å². The number of thiophene rings is 1. The molecule has 0 saturated carbocycles. The van der Waals surface area contributed by atoms with Gasteiger partial charge in [-0.15, -0.1) is 11.3 Å². The molecule has 0 saturated heterocycles. The van der Waals surface area contributed by atoms with Crippen LogP contribution < -0.4 is 4.90 Å². The summed E-state index contributed by atoms with van der Waals surface area (Å²) in [6.07, 6.45) is 0. The third-order valence-corrected chi connectivity index (χ3v) is 12.6. The molecule has 0 atom stereocenters. The van der Waals surface area contributed by atoms with Crippen LogP contribution >= 0.6 is 11.3 Å². The topological polar surface area (TPSA) is 21.3 Å². The summed E-state index contributed by atoms with van der Waals surface area (Å²) in [7, 11) is 0. The van der Waals surface area contributed by atoms with E-state index in [4.69, 9.17) is 4.42 Å². The van der Waals surface area contributed by atoms with Crippen LogP contribution in [0.5, 0.6) is 0 Å². The van der Waals surface area contributed by atoms with Crippen LogP contribution in [0.2, 0.25) is 0 Å². The highest BCUT2D eigenvalue weighted by Gasteiger charge is 2.22. The van der Waals surface area contributed by atoms with Crippen LogP contribution in [0.25, 0.3) is 91.5 Å². The third kappa shape index (κ3) is 4.63. The second kappa shape index (κ2) is 12.2. The number of hydrogen-bond donors (Lipinski definition) is 0. The smallest absolute Gasteiger partial charge is 0.137 e. The quantitative estimate of drug-likeness (QED) is 0.176. The largest absolute Gasteiger partial charge is 0.456 e. The Balaban J connectivity index is 1.06. The summed E-state index contributed by atoms with van der Waals surface area (Å²) >= 11 is 1.85. The Labute approximate surface area is 326 Å². The normalized spacial score (nSPS) is 11.9. The minimum absolute atomic E-state index is 0.853. The summed E-state index contributed by atoms with van der Waals surface area (Å²) < 4.78 is 11.7. The molecular formula is C52H32N2OS. The summed E-state index contributed by atoms with van der Waals surface area (Å²) in [5, 5.41) is 9.73. The van der Waals surface area contributed by atoms with Crippen molar-refractivity contribution in [1.82, 2.24) is 4.57 Å². The fourth-order valence-corrected chi connectivity index (χ4v) is 10.1. The van der Waals surface area contributed by atoms with E-state index in [-0.39, 0.29) is 0 Å². The second-order valence-electron chi connectivity index (χ2n) is 14.5. The average molecular weight is 733 g/mol. The molecule has 0 radical (unpaired) electrons. The molecule has 4 heteroatoms. The van der Waals surface area contributed by atoms with Crippen molar-refractivity contribution in [2.45, 2.75) is 0 Å². The van der Waals surface area contributed by atoms with E-state index in [1.807, 2.05) is 11.3 Å². The van der Waals surface area contributed by atoms with Crippen molar-refractivity contribution in [3.05, 3.63) is 194 Å². The van der Waals surface area contributed by atoms with Gasteiger partial charge in [-0.3, -0.25) is 0 Å². The van der Waals surface area contributed by atoms with E-state index in [0.29, 0.717) is 0 Å². The number of para-hydroxylation sites is 2. The third-order valence-electron chi connectivity index (χ3n) is 11.4. The molecule has 0 bridgehead atoms. The van der Waals surface area contributed by atoms with Crippen molar-refractivity contribution in [2.24, 2.45) is 0 Å². The number of benzene rings is 9. The molecule has 3 aromatic heterocycles. The van der Waals surface area contributed by atoms with E-state index in [2.05, 4.69) is 204 Å². The van der Waals surface area contributed by atoms with Gasteiger partial charge in [0.15, 0.2) is 0 Å². The molecule has 262 valence electrons. The number of aromatic nitrogens is 1. The van der Waals surface area contributed by atoms with Gasteiger partial charge in [-0.05, 0) is 82.6 Å². The lowest BCUT2D eigenvalue weighted by Crippen LogP contribution is -2.10.